The van der Waals surface area contributed by atoms with Crippen molar-refractivity contribution in [1.29, 1.82) is 0 Å². The van der Waals surface area contributed by atoms with E-state index < -0.39 is 0 Å². The van der Waals surface area contributed by atoms with Crippen molar-refractivity contribution in [1.82, 2.24) is 10.7 Å². The molecule has 1 aliphatic heterocycles. The van der Waals surface area contributed by atoms with Gasteiger partial charge < -0.3 is 5.32 Å². The van der Waals surface area contributed by atoms with Gasteiger partial charge in [0.15, 0.2) is 0 Å². The molecule has 1 aromatic carbocycles. The molecule has 0 unspecified atom stereocenters. The van der Waals surface area contributed by atoms with E-state index in [0.29, 0.717) is 5.69 Å². The summed E-state index contributed by atoms with van der Waals surface area (Å²) >= 11 is 0. The van der Waals surface area contributed by atoms with Gasteiger partial charge in [-0.05, 0) is 44.1 Å². The lowest BCUT2D eigenvalue weighted by Gasteiger charge is -2.22. The van der Waals surface area contributed by atoms with Gasteiger partial charge in [0.2, 0.25) is 5.91 Å². The average Bonchev–Trinajstić information content (AvgIpc) is 2.37. The van der Waals surface area contributed by atoms with Crippen LogP contribution >= 0.6 is 0 Å². The maximum atomic E-state index is 12.9. The van der Waals surface area contributed by atoms with Crippen LogP contribution in [0.15, 0.2) is 24.3 Å². The third kappa shape index (κ3) is 3.42. The third-order valence-electron chi connectivity index (χ3n) is 2.86. The minimum absolute atomic E-state index is 0.0317. The van der Waals surface area contributed by atoms with Gasteiger partial charge in [-0.1, -0.05) is 6.07 Å². The highest BCUT2D eigenvalue weighted by Gasteiger charge is 2.20. The van der Waals surface area contributed by atoms with Crippen LogP contribution in [-0.2, 0) is 4.79 Å². The number of rotatable bonds is 3. The summed E-state index contributed by atoms with van der Waals surface area (Å²) in [4.78, 5) is 11.8. The fourth-order valence-electron chi connectivity index (χ4n) is 1.89. The van der Waals surface area contributed by atoms with Crippen LogP contribution in [0.2, 0.25) is 0 Å². The summed E-state index contributed by atoms with van der Waals surface area (Å²) in [5.74, 6) is -0.320. The van der Waals surface area contributed by atoms with Gasteiger partial charge in [-0.3, -0.25) is 15.6 Å². The van der Waals surface area contributed by atoms with Crippen molar-refractivity contribution in [2.24, 2.45) is 5.92 Å². The fraction of sp³-hybridized carbons (Fsp3) is 0.417. The van der Waals surface area contributed by atoms with Crippen LogP contribution in [0.4, 0.5) is 10.1 Å². The Hall–Kier alpha value is -1.62. The Bertz CT molecular complexity index is 391. The van der Waals surface area contributed by atoms with Crippen molar-refractivity contribution < 1.29 is 9.18 Å². The first-order valence-electron chi connectivity index (χ1n) is 5.78. The quantitative estimate of drug-likeness (QED) is 0.694. The molecular formula is C12H16FN3O. The Balaban J connectivity index is 1.83. The first-order valence-corrected chi connectivity index (χ1v) is 5.78. The van der Waals surface area contributed by atoms with E-state index >= 15 is 0 Å². The number of piperidine rings is 1. The van der Waals surface area contributed by atoms with E-state index in [1.807, 2.05) is 0 Å². The van der Waals surface area contributed by atoms with Crippen LogP contribution in [-0.4, -0.2) is 19.0 Å². The molecule has 17 heavy (non-hydrogen) atoms. The molecule has 0 saturated carbocycles. The van der Waals surface area contributed by atoms with Crippen LogP contribution in [0.3, 0.4) is 0 Å². The molecule has 0 aliphatic carbocycles. The second-order valence-corrected chi connectivity index (χ2v) is 4.15. The zero-order valence-electron chi connectivity index (χ0n) is 9.50. The second-order valence-electron chi connectivity index (χ2n) is 4.15. The van der Waals surface area contributed by atoms with E-state index in [9.17, 15) is 9.18 Å². The predicted molar refractivity (Wildman–Crippen MR) is 63.8 cm³/mol. The first kappa shape index (κ1) is 11.9. The summed E-state index contributed by atoms with van der Waals surface area (Å²) in [7, 11) is 0. The van der Waals surface area contributed by atoms with Crippen molar-refractivity contribution in [3.05, 3.63) is 30.1 Å². The van der Waals surface area contributed by atoms with Crippen LogP contribution in [0.5, 0.6) is 0 Å². The lowest BCUT2D eigenvalue weighted by Crippen LogP contribution is -2.40. The van der Waals surface area contributed by atoms with Gasteiger partial charge in [0, 0.05) is 5.92 Å². The van der Waals surface area contributed by atoms with Gasteiger partial charge in [-0.2, -0.15) is 0 Å². The predicted octanol–water partition coefficient (Wildman–Crippen LogP) is 1.27. The van der Waals surface area contributed by atoms with Gasteiger partial charge in [0.05, 0.1) is 5.69 Å². The van der Waals surface area contributed by atoms with Gasteiger partial charge in [0.25, 0.3) is 0 Å². The fourth-order valence-corrected chi connectivity index (χ4v) is 1.89. The lowest BCUT2D eigenvalue weighted by atomic mass is 9.98. The van der Waals surface area contributed by atoms with Gasteiger partial charge in [0.1, 0.15) is 5.82 Å². The molecule has 1 saturated heterocycles. The van der Waals surface area contributed by atoms with E-state index in [1.54, 1.807) is 12.1 Å². The smallest absolute Gasteiger partial charge is 0.241 e. The average molecular weight is 237 g/mol. The monoisotopic (exact) mass is 237 g/mol. The number of benzene rings is 1. The van der Waals surface area contributed by atoms with E-state index in [1.165, 1.54) is 12.1 Å². The zero-order valence-corrected chi connectivity index (χ0v) is 9.50. The van der Waals surface area contributed by atoms with Gasteiger partial charge >= 0.3 is 0 Å². The molecule has 0 radical (unpaired) electrons. The van der Waals surface area contributed by atoms with E-state index in [0.717, 1.165) is 25.9 Å². The molecule has 1 aromatic rings. The molecule has 92 valence electrons. The van der Waals surface area contributed by atoms with E-state index in [2.05, 4.69) is 16.2 Å². The number of carbonyl (C=O) groups excluding carboxylic acids is 1. The maximum Gasteiger partial charge on any atom is 0.241 e. The SMILES string of the molecule is O=C(NNc1cccc(F)c1)C1CCNCC1. The maximum absolute atomic E-state index is 12.9. The Labute approximate surface area is 99.6 Å². The van der Waals surface area contributed by atoms with Crippen LogP contribution in [0, 0.1) is 11.7 Å². The highest BCUT2D eigenvalue weighted by atomic mass is 19.1. The summed E-state index contributed by atoms with van der Waals surface area (Å²) in [6.45, 7) is 1.75. The Kier molecular flexibility index (Phi) is 3.93. The Morgan fingerprint density at radius 1 is 1.35 bits per heavy atom. The molecule has 5 heteroatoms. The molecule has 1 heterocycles. The standard InChI is InChI=1S/C12H16FN3O/c13-10-2-1-3-11(8-10)15-16-12(17)9-4-6-14-7-5-9/h1-3,8-9,14-15H,4-7H2,(H,16,17). The van der Waals surface area contributed by atoms with Crippen LogP contribution in [0.25, 0.3) is 0 Å². The zero-order chi connectivity index (χ0) is 12.1. The Morgan fingerprint density at radius 2 is 2.12 bits per heavy atom. The molecule has 3 N–H and O–H groups in total. The van der Waals surface area contributed by atoms with Crippen LogP contribution < -0.4 is 16.2 Å². The van der Waals surface area contributed by atoms with Crippen molar-refractivity contribution in [3.8, 4) is 0 Å². The summed E-state index contributed by atoms with van der Waals surface area (Å²) in [6, 6.07) is 5.99. The highest BCUT2D eigenvalue weighted by Crippen LogP contribution is 2.12. The molecule has 2 rings (SSSR count). The molecule has 1 aliphatic rings. The molecule has 4 nitrogen and oxygen atoms in total. The molecule has 0 bridgehead atoms. The van der Waals surface area contributed by atoms with Crippen molar-refractivity contribution >= 4 is 11.6 Å². The topological polar surface area (TPSA) is 53.2 Å². The minimum Gasteiger partial charge on any atom is -0.317 e. The first-order chi connectivity index (χ1) is 8.25. The number of nitrogens with one attached hydrogen (secondary N) is 3. The summed E-state index contributed by atoms with van der Waals surface area (Å²) < 4.78 is 12.9. The van der Waals surface area contributed by atoms with Crippen molar-refractivity contribution in [2.45, 2.75) is 12.8 Å². The number of hydrazine groups is 1. The van der Waals surface area contributed by atoms with Crippen molar-refractivity contribution in [2.75, 3.05) is 18.5 Å². The lowest BCUT2D eigenvalue weighted by molar-refractivity contribution is -0.125. The molecule has 1 fully saturated rings. The van der Waals surface area contributed by atoms with Crippen molar-refractivity contribution in [3.63, 3.8) is 0 Å². The summed E-state index contributed by atoms with van der Waals surface area (Å²) in [6.07, 6.45) is 1.69. The minimum atomic E-state index is -0.328. The molecule has 0 aromatic heterocycles. The van der Waals surface area contributed by atoms with Gasteiger partial charge in [-0.15, -0.1) is 0 Å². The summed E-state index contributed by atoms with van der Waals surface area (Å²) in [5, 5.41) is 3.20. The number of hydrogen-bond donors (Lipinski definition) is 3. The van der Waals surface area contributed by atoms with E-state index in [4.69, 9.17) is 0 Å². The largest absolute Gasteiger partial charge is 0.317 e. The third-order valence-corrected chi connectivity index (χ3v) is 2.86. The number of halogens is 1. The number of carbonyl (C=O) groups is 1. The van der Waals surface area contributed by atoms with E-state index in [-0.39, 0.29) is 17.6 Å². The number of hydrogen-bond acceptors (Lipinski definition) is 3. The summed E-state index contributed by atoms with van der Waals surface area (Å²) in [5.41, 5.74) is 5.88. The Morgan fingerprint density at radius 3 is 2.82 bits per heavy atom. The number of amides is 1. The molecular weight excluding hydrogens is 221 g/mol. The normalized spacial score (nSPS) is 16.5. The van der Waals surface area contributed by atoms with Gasteiger partial charge in [-0.25, -0.2) is 4.39 Å². The van der Waals surface area contributed by atoms with Crippen LogP contribution in [0.1, 0.15) is 12.8 Å². The molecule has 0 spiro atoms. The number of anilines is 1. The molecule has 0 atom stereocenters. The second kappa shape index (κ2) is 5.63. The molecule has 1 amide bonds. The highest BCUT2D eigenvalue weighted by molar-refractivity contribution is 5.80.